The minimum Gasteiger partial charge on any atom is -0.495 e. The van der Waals surface area contributed by atoms with Crippen LogP contribution in [-0.4, -0.2) is 31.0 Å². The number of carbonyl (C=O) groups is 1. The molecule has 1 aliphatic rings. The van der Waals surface area contributed by atoms with Crippen molar-refractivity contribution in [2.75, 3.05) is 25.5 Å². The van der Waals surface area contributed by atoms with Gasteiger partial charge in [0.15, 0.2) is 0 Å². The fourth-order valence-corrected chi connectivity index (χ4v) is 4.20. The average Bonchev–Trinajstić information content (AvgIpc) is 3.24. The van der Waals surface area contributed by atoms with E-state index in [-0.39, 0.29) is 5.91 Å². The van der Waals surface area contributed by atoms with Gasteiger partial charge in [-0.2, -0.15) is 0 Å². The van der Waals surface area contributed by atoms with Gasteiger partial charge in [-0.3, -0.25) is 9.69 Å². The van der Waals surface area contributed by atoms with E-state index in [4.69, 9.17) is 16.3 Å². The zero-order valence-corrected chi connectivity index (χ0v) is 15.2. The molecular weight excluding hydrogens is 344 g/mol. The molecule has 1 saturated heterocycles. The highest BCUT2D eigenvalue weighted by atomic mass is 35.5. The van der Waals surface area contributed by atoms with Crippen LogP contribution in [0.15, 0.2) is 35.7 Å². The van der Waals surface area contributed by atoms with Crippen LogP contribution in [0.4, 0.5) is 5.69 Å². The van der Waals surface area contributed by atoms with Gasteiger partial charge in [-0.25, -0.2) is 0 Å². The van der Waals surface area contributed by atoms with Gasteiger partial charge in [-0.05, 0) is 49.0 Å². The molecule has 1 amide bonds. The van der Waals surface area contributed by atoms with Crippen LogP contribution in [-0.2, 0) is 4.79 Å². The van der Waals surface area contributed by atoms with E-state index >= 15 is 0 Å². The second-order valence-electron chi connectivity index (χ2n) is 5.85. The van der Waals surface area contributed by atoms with E-state index in [9.17, 15) is 4.79 Å². The van der Waals surface area contributed by atoms with Crippen molar-refractivity contribution in [3.05, 3.63) is 45.6 Å². The number of likely N-dealkylation sites (tertiary alicyclic amines) is 1. The second kappa shape index (κ2) is 8.01. The van der Waals surface area contributed by atoms with E-state index in [2.05, 4.69) is 27.7 Å². The van der Waals surface area contributed by atoms with Crippen LogP contribution >= 0.6 is 22.9 Å². The molecule has 1 atom stereocenters. The summed E-state index contributed by atoms with van der Waals surface area (Å²) in [7, 11) is 1.58. The van der Waals surface area contributed by atoms with Crippen LogP contribution < -0.4 is 10.1 Å². The summed E-state index contributed by atoms with van der Waals surface area (Å²) >= 11 is 7.79. The van der Waals surface area contributed by atoms with Crippen molar-refractivity contribution in [1.82, 2.24) is 4.90 Å². The molecule has 0 radical (unpaired) electrons. The third kappa shape index (κ3) is 4.09. The standard InChI is InChI=1S/C18H21ClN2O2S/c1-23-16-7-6-13(19)12-14(16)20-18(22)8-10-21-9-2-4-15(21)17-5-3-11-24-17/h3,5-7,11-12,15H,2,4,8-10H2,1H3,(H,20,22). The van der Waals surface area contributed by atoms with Crippen molar-refractivity contribution >= 4 is 34.5 Å². The Morgan fingerprint density at radius 1 is 1.46 bits per heavy atom. The molecular formula is C18H21ClN2O2S. The molecule has 0 saturated carbocycles. The van der Waals surface area contributed by atoms with Gasteiger partial charge in [0.1, 0.15) is 5.75 Å². The Balaban J connectivity index is 1.57. The quantitative estimate of drug-likeness (QED) is 0.815. The van der Waals surface area contributed by atoms with Crippen molar-refractivity contribution in [2.45, 2.75) is 25.3 Å². The first-order valence-electron chi connectivity index (χ1n) is 8.08. The summed E-state index contributed by atoms with van der Waals surface area (Å²) in [6, 6.07) is 9.94. The maximum absolute atomic E-state index is 12.3. The van der Waals surface area contributed by atoms with Crippen LogP contribution in [0, 0.1) is 0 Å². The van der Waals surface area contributed by atoms with Crippen LogP contribution in [0.5, 0.6) is 5.75 Å². The molecule has 1 aromatic heterocycles. The number of anilines is 1. The van der Waals surface area contributed by atoms with Gasteiger partial charge in [-0.15, -0.1) is 11.3 Å². The summed E-state index contributed by atoms with van der Waals surface area (Å²) in [5, 5.41) is 5.59. The Morgan fingerprint density at radius 3 is 3.08 bits per heavy atom. The molecule has 1 aromatic carbocycles. The molecule has 1 aliphatic heterocycles. The van der Waals surface area contributed by atoms with Crippen molar-refractivity contribution in [3.8, 4) is 5.75 Å². The highest BCUT2D eigenvalue weighted by Gasteiger charge is 2.26. The number of benzene rings is 1. The fourth-order valence-electron chi connectivity index (χ4n) is 3.13. The lowest BCUT2D eigenvalue weighted by Gasteiger charge is -2.23. The summed E-state index contributed by atoms with van der Waals surface area (Å²) < 4.78 is 5.26. The number of thiophene rings is 1. The molecule has 4 nitrogen and oxygen atoms in total. The Bertz CT molecular complexity index is 690. The summed E-state index contributed by atoms with van der Waals surface area (Å²) in [4.78, 5) is 16.1. The maximum atomic E-state index is 12.3. The number of ether oxygens (including phenoxy) is 1. The SMILES string of the molecule is COc1ccc(Cl)cc1NC(=O)CCN1CCCC1c1cccs1. The molecule has 1 N–H and O–H groups in total. The molecule has 6 heteroatoms. The Morgan fingerprint density at radius 2 is 2.33 bits per heavy atom. The molecule has 0 aliphatic carbocycles. The van der Waals surface area contributed by atoms with Gasteiger partial charge in [0.2, 0.25) is 5.91 Å². The number of nitrogens with one attached hydrogen (secondary N) is 1. The number of halogens is 1. The van der Waals surface area contributed by atoms with Crippen molar-refractivity contribution in [3.63, 3.8) is 0 Å². The molecule has 1 fully saturated rings. The van der Waals surface area contributed by atoms with E-state index in [0.717, 1.165) is 13.1 Å². The number of hydrogen-bond acceptors (Lipinski definition) is 4. The minimum absolute atomic E-state index is 0.0209. The smallest absolute Gasteiger partial charge is 0.225 e. The van der Waals surface area contributed by atoms with E-state index in [0.29, 0.717) is 28.9 Å². The summed E-state index contributed by atoms with van der Waals surface area (Å²) in [6.07, 6.45) is 2.81. The van der Waals surface area contributed by atoms with Gasteiger partial charge < -0.3 is 10.1 Å². The van der Waals surface area contributed by atoms with Gasteiger partial charge in [0.25, 0.3) is 0 Å². The number of carbonyl (C=O) groups excluding carboxylic acids is 1. The summed E-state index contributed by atoms with van der Waals surface area (Å²) in [5.74, 6) is 0.595. The predicted octanol–water partition coefficient (Wildman–Crippen LogP) is 4.58. The third-order valence-corrected chi connectivity index (χ3v) is 5.51. The molecule has 24 heavy (non-hydrogen) atoms. The lowest BCUT2D eigenvalue weighted by Crippen LogP contribution is -2.27. The van der Waals surface area contributed by atoms with E-state index in [1.165, 1.54) is 17.7 Å². The number of amides is 1. The molecule has 0 spiro atoms. The zero-order valence-electron chi connectivity index (χ0n) is 13.6. The summed E-state index contributed by atoms with van der Waals surface area (Å²) in [6.45, 7) is 1.81. The molecule has 1 unspecified atom stereocenters. The first kappa shape index (κ1) is 17.3. The monoisotopic (exact) mass is 364 g/mol. The maximum Gasteiger partial charge on any atom is 0.225 e. The lowest BCUT2D eigenvalue weighted by atomic mass is 10.2. The first-order chi connectivity index (χ1) is 11.7. The lowest BCUT2D eigenvalue weighted by molar-refractivity contribution is -0.116. The molecule has 0 bridgehead atoms. The first-order valence-corrected chi connectivity index (χ1v) is 9.34. The fraction of sp³-hybridized carbons (Fsp3) is 0.389. The van der Waals surface area contributed by atoms with Crippen LogP contribution in [0.1, 0.15) is 30.2 Å². The molecule has 3 rings (SSSR count). The Labute approximate surface area is 151 Å². The molecule has 2 aromatic rings. The number of nitrogens with zero attached hydrogens (tertiary/aromatic N) is 1. The van der Waals surface area contributed by atoms with E-state index < -0.39 is 0 Å². The molecule has 2 heterocycles. The van der Waals surface area contributed by atoms with Gasteiger partial charge in [0.05, 0.1) is 12.8 Å². The second-order valence-corrected chi connectivity index (χ2v) is 7.27. The van der Waals surface area contributed by atoms with Gasteiger partial charge >= 0.3 is 0 Å². The Kier molecular flexibility index (Phi) is 5.76. The van der Waals surface area contributed by atoms with Crippen LogP contribution in [0.25, 0.3) is 0 Å². The number of hydrogen-bond donors (Lipinski definition) is 1. The van der Waals surface area contributed by atoms with Gasteiger partial charge in [0, 0.05) is 28.9 Å². The highest BCUT2D eigenvalue weighted by molar-refractivity contribution is 7.10. The van der Waals surface area contributed by atoms with Crippen LogP contribution in [0.2, 0.25) is 5.02 Å². The van der Waals surface area contributed by atoms with E-state index in [1.807, 2.05) is 0 Å². The number of methoxy groups -OCH3 is 1. The van der Waals surface area contributed by atoms with E-state index in [1.54, 1.807) is 36.6 Å². The normalized spacial score (nSPS) is 17.8. The minimum atomic E-state index is -0.0209. The highest BCUT2D eigenvalue weighted by Crippen LogP contribution is 2.34. The predicted molar refractivity (Wildman–Crippen MR) is 99.1 cm³/mol. The number of rotatable bonds is 6. The average molecular weight is 365 g/mol. The zero-order chi connectivity index (χ0) is 16.9. The van der Waals surface area contributed by atoms with Crippen LogP contribution in [0.3, 0.4) is 0 Å². The largest absolute Gasteiger partial charge is 0.495 e. The Hall–Kier alpha value is -1.56. The van der Waals surface area contributed by atoms with Crippen molar-refractivity contribution < 1.29 is 9.53 Å². The van der Waals surface area contributed by atoms with Crippen molar-refractivity contribution in [1.29, 1.82) is 0 Å². The third-order valence-electron chi connectivity index (χ3n) is 4.30. The summed E-state index contributed by atoms with van der Waals surface area (Å²) in [5.41, 5.74) is 0.617. The van der Waals surface area contributed by atoms with Crippen molar-refractivity contribution in [2.24, 2.45) is 0 Å². The van der Waals surface area contributed by atoms with Gasteiger partial charge in [-0.1, -0.05) is 17.7 Å². The molecule has 128 valence electrons. The topological polar surface area (TPSA) is 41.6 Å².